The first-order valence-electron chi connectivity index (χ1n) is 7.70. The molecule has 0 saturated heterocycles. The SMILES string of the molecule is CS(=O)(=O)c1ccc(-c2ncccc2-c2ccc(C(F)(F)F)cc2)cc1F. The topological polar surface area (TPSA) is 47.0 Å². The second-order valence-corrected chi connectivity index (χ2v) is 7.88. The Morgan fingerprint density at radius 2 is 1.56 bits per heavy atom. The summed E-state index contributed by atoms with van der Waals surface area (Å²) >= 11 is 0. The lowest BCUT2D eigenvalue weighted by Crippen LogP contribution is -2.04. The highest BCUT2D eigenvalue weighted by Gasteiger charge is 2.30. The molecule has 1 aromatic heterocycles. The van der Waals surface area contributed by atoms with Crippen LogP contribution in [0.25, 0.3) is 22.4 Å². The first kappa shape index (κ1) is 19.0. The fraction of sp³-hybridized carbons (Fsp3) is 0.105. The second-order valence-electron chi connectivity index (χ2n) is 5.89. The van der Waals surface area contributed by atoms with E-state index in [2.05, 4.69) is 4.98 Å². The van der Waals surface area contributed by atoms with E-state index in [4.69, 9.17) is 0 Å². The molecule has 2 aromatic carbocycles. The summed E-state index contributed by atoms with van der Waals surface area (Å²) < 4.78 is 75.6. The number of sulfone groups is 1. The molecule has 0 aliphatic carbocycles. The summed E-state index contributed by atoms with van der Waals surface area (Å²) in [4.78, 5) is 3.76. The molecule has 140 valence electrons. The minimum atomic E-state index is -4.44. The van der Waals surface area contributed by atoms with Crippen molar-refractivity contribution in [2.24, 2.45) is 0 Å². The highest BCUT2D eigenvalue weighted by Crippen LogP contribution is 2.34. The molecule has 0 aliphatic rings. The van der Waals surface area contributed by atoms with Crippen LogP contribution in [0.4, 0.5) is 17.6 Å². The molecule has 0 amide bonds. The monoisotopic (exact) mass is 395 g/mol. The smallest absolute Gasteiger partial charge is 0.256 e. The van der Waals surface area contributed by atoms with Gasteiger partial charge in [0.1, 0.15) is 10.7 Å². The van der Waals surface area contributed by atoms with E-state index >= 15 is 0 Å². The van der Waals surface area contributed by atoms with Gasteiger partial charge in [-0.2, -0.15) is 13.2 Å². The molecule has 27 heavy (non-hydrogen) atoms. The van der Waals surface area contributed by atoms with Crippen LogP contribution < -0.4 is 0 Å². The zero-order chi connectivity index (χ0) is 19.8. The van der Waals surface area contributed by atoms with Crippen molar-refractivity contribution in [2.45, 2.75) is 11.1 Å². The number of pyridine rings is 1. The molecule has 0 unspecified atom stereocenters. The molecule has 8 heteroatoms. The molecule has 1 heterocycles. The molecule has 3 aromatic rings. The maximum Gasteiger partial charge on any atom is 0.416 e. The number of hydrogen-bond acceptors (Lipinski definition) is 3. The third-order valence-corrected chi connectivity index (χ3v) is 5.07. The second kappa shape index (κ2) is 6.77. The lowest BCUT2D eigenvalue weighted by Gasteiger charge is -2.12. The Morgan fingerprint density at radius 1 is 0.926 bits per heavy atom. The third-order valence-electron chi connectivity index (χ3n) is 3.94. The first-order valence-corrected chi connectivity index (χ1v) is 9.59. The number of nitrogens with zero attached hydrogens (tertiary/aromatic N) is 1. The number of halogens is 4. The van der Waals surface area contributed by atoms with Gasteiger partial charge in [-0.1, -0.05) is 24.3 Å². The predicted molar refractivity (Wildman–Crippen MR) is 93.2 cm³/mol. The van der Waals surface area contributed by atoms with Crippen LogP contribution in [0.2, 0.25) is 0 Å². The van der Waals surface area contributed by atoms with Gasteiger partial charge in [0.05, 0.1) is 11.3 Å². The summed E-state index contributed by atoms with van der Waals surface area (Å²) in [6.45, 7) is 0. The van der Waals surface area contributed by atoms with Crippen LogP contribution in [0, 0.1) is 5.82 Å². The number of benzene rings is 2. The van der Waals surface area contributed by atoms with E-state index < -0.39 is 32.3 Å². The van der Waals surface area contributed by atoms with Gasteiger partial charge in [0.2, 0.25) is 0 Å². The van der Waals surface area contributed by atoms with Crippen LogP contribution in [-0.4, -0.2) is 19.7 Å². The molecular weight excluding hydrogens is 382 g/mol. The minimum absolute atomic E-state index is 0.315. The molecule has 3 nitrogen and oxygen atoms in total. The van der Waals surface area contributed by atoms with E-state index in [0.717, 1.165) is 30.5 Å². The summed E-state index contributed by atoms with van der Waals surface area (Å²) in [7, 11) is -3.72. The molecular formula is C19H13F4NO2S. The maximum atomic E-state index is 14.2. The molecule has 0 fully saturated rings. The van der Waals surface area contributed by atoms with Gasteiger partial charge in [-0.15, -0.1) is 0 Å². The molecule has 0 saturated carbocycles. The standard InChI is InChI=1S/C19H13F4NO2S/c1-27(25,26)17-9-6-13(11-16(17)20)18-15(3-2-10-24-18)12-4-7-14(8-5-12)19(21,22)23/h2-11H,1H3. The quantitative estimate of drug-likeness (QED) is 0.588. The fourth-order valence-electron chi connectivity index (χ4n) is 2.66. The van der Waals surface area contributed by atoms with Gasteiger partial charge >= 0.3 is 6.18 Å². The van der Waals surface area contributed by atoms with Crippen molar-refractivity contribution in [1.82, 2.24) is 4.98 Å². The Morgan fingerprint density at radius 3 is 2.11 bits per heavy atom. The van der Waals surface area contributed by atoms with Crippen LogP contribution in [0.3, 0.4) is 0 Å². The van der Waals surface area contributed by atoms with E-state index in [9.17, 15) is 26.0 Å². The number of hydrogen-bond donors (Lipinski definition) is 0. The van der Waals surface area contributed by atoms with E-state index in [-0.39, 0.29) is 0 Å². The Labute approximate surface area is 153 Å². The van der Waals surface area contributed by atoms with Gasteiger partial charge in [-0.05, 0) is 35.9 Å². The molecule has 0 spiro atoms. The molecule has 0 atom stereocenters. The zero-order valence-corrected chi connectivity index (χ0v) is 14.8. The molecule has 0 N–H and O–H groups in total. The largest absolute Gasteiger partial charge is 0.416 e. The molecule has 0 radical (unpaired) electrons. The molecule has 0 aliphatic heterocycles. The summed E-state index contributed by atoms with van der Waals surface area (Å²) in [5.74, 6) is -0.918. The summed E-state index contributed by atoms with van der Waals surface area (Å²) in [6, 6.07) is 11.4. The Balaban J connectivity index is 2.09. The number of aromatic nitrogens is 1. The van der Waals surface area contributed by atoms with E-state index in [1.54, 1.807) is 12.1 Å². The van der Waals surface area contributed by atoms with Crippen LogP contribution in [0.15, 0.2) is 65.7 Å². The summed E-state index contributed by atoms with van der Waals surface area (Å²) in [6.07, 6.45) is -2.08. The average molecular weight is 395 g/mol. The van der Waals surface area contributed by atoms with Gasteiger partial charge in [-0.3, -0.25) is 4.98 Å². The highest BCUT2D eigenvalue weighted by atomic mass is 32.2. The maximum absolute atomic E-state index is 14.2. The Bertz CT molecular complexity index is 1090. The van der Waals surface area contributed by atoms with Gasteiger partial charge in [0.25, 0.3) is 0 Å². The van der Waals surface area contributed by atoms with Crippen LogP contribution >= 0.6 is 0 Å². The van der Waals surface area contributed by atoms with Crippen LogP contribution in [0.1, 0.15) is 5.56 Å². The molecule has 0 bridgehead atoms. The zero-order valence-electron chi connectivity index (χ0n) is 14.0. The van der Waals surface area contributed by atoms with Crippen molar-refractivity contribution in [3.63, 3.8) is 0 Å². The van der Waals surface area contributed by atoms with Gasteiger partial charge in [0.15, 0.2) is 9.84 Å². The Hall–Kier alpha value is -2.74. The van der Waals surface area contributed by atoms with Gasteiger partial charge < -0.3 is 0 Å². The van der Waals surface area contributed by atoms with Gasteiger partial charge in [-0.25, -0.2) is 12.8 Å². The average Bonchev–Trinajstić information content (AvgIpc) is 2.60. The van der Waals surface area contributed by atoms with E-state index in [0.29, 0.717) is 22.4 Å². The van der Waals surface area contributed by atoms with Crippen molar-refractivity contribution in [1.29, 1.82) is 0 Å². The third kappa shape index (κ3) is 4.00. The van der Waals surface area contributed by atoms with Crippen molar-refractivity contribution in [2.75, 3.05) is 6.26 Å². The highest BCUT2D eigenvalue weighted by molar-refractivity contribution is 7.90. The van der Waals surface area contributed by atoms with Crippen LogP contribution in [-0.2, 0) is 16.0 Å². The van der Waals surface area contributed by atoms with Crippen LogP contribution in [0.5, 0.6) is 0 Å². The van der Waals surface area contributed by atoms with Crippen molar-refractivity contribution in [3.05, 3.63) is 72.2 Å². The van der Waals surface area contributed by atoms with Crippen molar-refractivity contribution in [3.8, 4) is 22.4 Å². The Kier molecular flexibility index (Phi) is 4.77. The number of rotatable bonds is 3. The first-order chi connectivity index (χ1) is 12.6. The minimum Gasteiger partial charge on any atom is -0.256 e. The normalized spacial score (nSPS) is 12.2. The van der Waals surface area contributed by atoms with Gasteiger partial charge in [0, 0.05) is 23.6 Å². The lowest BCUT2D eigenvalue weighted by molar-refractivity contribution is -0.137. The van der Waals surface area contributed by atoms with Crippen molar-refractivity contribution < 1.29 is 26.0 Å². The molecule has 3 rings (SSSR count). The summed E-state index contributed by atoms with van der Waals surface area (Å²) in [5, 5.41) is 0. The fourth-order valence-corrected chi connectivity index (χ4v) is 3.38. The lowest BCUT2D eigenvalue weighted by atomic mass is 9.98. The van der Waals surface area contributed by atoms with E-state index in [1.807, 2.05) is 0 Å². The summed E-state index contributed by atoms with van der Waals surface area (Å²) in [5.41, 5.74) is 0.836. The van der Waals surface area contributed by atoms with Crippen molar-refractivity contribution >= 4 is 9.84 Å². The number of alkyl halides is 3. The predicted octanol–water partition coefficient (Wildman–Crippen LogP) is 4.98. The van der Waals surface area contributed by atoms with E-state index in [1.165, 1.54) is 24.4 Å².